The Hall–Kier alpha value is -4.44. The van der Waals surface area contributed by atoms with Gasteiger partial charge in [0.05, 0.1) is 23.6 Å². The zero-order chi connectivity index (χ0) is 25.9. The van der Waals surface area contributed by atoms with Gasteiger partial charge < -0.3 is 16.0 Å². The fraction of sp³-hybridized carbons (Fsp3) is 0.148. The molecule has 0 aliphatic heterocycles. The molecule has 0 saturated carbocycles. The van der Waals surface area contributed by atoms with Crippen molar-refractivity contribution < 1.29 is 9.18 Å². The van der Waals surface area contributed by atoms with Gasteiger partial charge in [-0.15, -0.1) is 11.3 Å². The zero-order valence-corrected chi connectivity index (χ0v) is 20.8. The number of thiophene rings is 1. The molecule has 0 fully saturated rings. The Labute approximate surface area is 216 Å². The summed E-state index contributed by atoms with van der Waals surface area (Å²) in [6.45, 7) is 2.04. The van der Waals surface area contributed by atoms with Crippen LogP contribution >= 0.6 is 11.3 Å². The third-order valence-electron chi connectivity index (χ3n) is 5.91. The summed E-state index contributed by atoms with van der Waals surface area (Å²) in [5.74, 6) is 0.268. The number of pyridine rings is 2. The van der Waals surface area contributed by atoms with Crippen LogP contribution < -0.4 is 11.1 Å². The van der Waals surface area contributed by atoms with Crippen molar-refractivity contribution in [2.24, 2.45) is 0 Å². The molecule has 0 atom stereocenters. The Kier molecular flexibility index (Phi) is 6.74. The first-order valence-electron chi connectivity index (χ1n) is 11.8. The second-order valence-corrected chi connectivity index (χ2v) is 9.60. The summed E-state index contributed by atoms with van der Waals surface area (Å²) in [6.07, 6.45) is 8.79. The maximum absolute atomic E-state index is 13.6. The van der Waals surface area contributed by atoms with Crippen LogP contribution in [0.3, 0.4) is 0 Å². The number of unbranched alkanes of at least 4 members (excludes halogenated alkanes) is 1. The van der Waals surface area contributed by atoms with Crippen LogP contribution in [0.15, 0.2) is 61.2 Å². The van der Waals surface area contributed by atoms with Crippen LogP contribution in [0, 0.1) is 10.5 Å². The van der Waals surface area contributed by atoms with Crippen LogP contribution in [-0.4, -0.2) is 31.6 Å². The molecule has 1 aromatic carbocycles. The number of carbonyl (C=O) groups excluding carboxylic acids is 1. The van der Waals surface area contributed by atoms with E-state index >= 15 is 0 Å². The van der Waals surface area contributed by atoms with Crippen LogP contribution in [0.5, 0.6) is 0 Å². The number of fused-ring (bicyclic) bond motifs is 1. The molecule has 0 aliphatic rings. The van der Waals surface area contributed by atoms with Crippen LogP contribution in [0.1, 0.15) is 37.6 Å². The van der Waals surface area contributed by atoms with E-state index in [-0.39, 0.29) is 16.7 Å². The quantitative estimate of drug-likeness (QED) is 0.149. The molecule has 5 rings (SSSR count). The van der Waals surface area contributed by atoms with Gasteiger partial charge in [0.1, 0.15) is 11.2 Å². The molecule has 5 N–H and O–H groups in total. The van der Waals surface area contributed by atoms with Crippen molar-refractivity contribution in [3.05, 3.63) is 77.7 Å². The number of anilines is 2. The number of imidazole rings is 1. The fourth-order valence-corrected chi connectivity index (χ4v) is 4.74. The standard InChI is InChI=1S/C27H24FN7OS/c1-2-3-4-24(36)33-17-9-16(11-31-12-17)15-5-6-20(29)18(10-15)25(30)27-34-21-14-32-13-19(26(21)35-27)22-7-8-23(28)37-22/h5-14,30H,2-4,29H2,1H3,(H,33,36)(H,34,35). The van der Waals surface area contributed by atoms with E-state index in [1.54, 1.807) is 43.0 Å². The summed E-state index contributed by atoms with van der Waals surface area (Å²) in [6, 6.07) is 10.3. The van der Waals surface area contributed by atoms with E-state index in [9.17, 15) is 9.18 Å². The second kappa shape index (κ2) is 10.3. The molecule has 0 aliphatic carbocycles. The molecule has 4 heterocycles. The van der Waals surface area contributed by atoms with Gasteiger partial charge in [-0.05, 0) is 42.3 Å². The predicted octanol–water partition coefficient (Wildman–Crippen LogP) is 6.01. The minimum absolute atomic E-state index is 0.0513. The minimum Gasteiger partial charge on any atom is -0.398 e. The number of rotatable bonds is 8. The number of aromatic amines is 1. The van der Waals surface area contributed by atoms with Crippen molar-refractivity contribution in [1.29, 1.82) is 5.41 Å². The van der Waals surface area contributed by atoms with Crippen LogP contribution in [0.4, 0.5) is 15.8 Å². The van der Waals surface area contributed by atoms with Gasteiger partial charge in [0.25, 0.3) is 0 Å². The highest BCUT2D eigenvalue weighted by atomic mass is 32.1. The summed E-state index contributed by atoms with van der Waals surface area (Å²) in [5.41, 5.74) is 11.4. The van der Waals surface area contributed by atoms with Gasteiger partial charge in [-0.1, -0.05) is 19.4 Å². The summed E-state index contributed by atoms with van der Waals surface area (Å²) in [5, 5.41) is 11.4. The third-order valence-corrected chi connectivity index (χ3v) is 6.81. The molecular formula is C27H24FN7OS. The number of aromatic nitrogens is 4. The van der Waals surface area contributed by atoms with Crippen molar-refractivity contribution in [2.45, 2.75) is 26.2 Å². The molecule has 4 aromatic heterocycles. The number of nitrogens with one attached hydrogen (secondary N) is 3. The van der Waals surface area contributed by atoms with Gasteiger partial charge in [-0.25, -0.2) is 4.98 Å². The number of halogens is 1. The second-order valence-electron chi connectivity index (χ2n) is 8.56. The van der Waals surface area contributed by atoms with Crippen LogP contribution in [0.2, 0.25) is 0 Å². The monoisotopic (exact) mass is 513 g/mol. The molecular weight excluding hydrogens is 489 g/mol. The largest absolute Gasteiger partial charge is 0.398 e. The Morgan fingerprint density at radius 3 is 2.73 bits per heavy atom. The van der Waals surface area contributed by atoms with Gasteiger partial charge in [-0.2, -0.15) is 4.39 Å². The third kappa shape index (κ3) is 5.10. The lowest BCUT2D eigenvalue weighted by molar-refractivity contribution is -0.116. The topological polar surface area (TPSA) is 133 Å². The zero-order valence-electron chi connectivity index (χ0n) is 20.0. The molecule has 5 aromatic rings. The molecule has 0 saturated heterocycles. The number of hydrogen-bond donors (Lipinski definition) is 4. The first-order chi connectivity index (χ1) is 17.9. The number of nitrogens with zero attached hydrogens (tertiary/aromatic N) is 3. The summed E-state index contributed by atoms with van der Waals surface area (Å²) < 4.78 is 13.6. The molecule has 0 unspecified atom stereocenters. The van der Waals surface area contributed by atoms with E-state index in [1.807, 2.05) is 19.1 Å². The average molecular weight is 514 g/mol. The molecule has 10 heteroatoms. The van der Waals surface area contributed by atoms with Gasteiger partial charge in [0.2, 0.25) is 5.91 Å². The molecule has 0 radical (unpaired) electrons. The molecule has 0 bridgehead atoms. The molecule has 37 heavy (non-hydrogen) atoms. The molecule has 8 nitrogen and oxygen atoms in total. The van der Waals surface area contributed by atoms with E-state index in [1.165, 1.54) is 6.07 Å². The Balaban J connectivity index is 1.46. The number of H-pyrrole nitrogens is 1. The van der Waals surface area contributed by atoms with Crippen molar-refractivity contribution in [1.82, 2.24) is 19.9 Å². The first kappa shape index (κ1) is 24.3. The molecule has 186 valence electrons. The van der Waals surface area contributed by atoms with E-state index in [0.29, 0.717) is 50.7 Å². The van der Waals surface area contributed by atoms with Crippen LogP contribution in [0.25, 0.3) is 32.6 Å². The number of nitrogens with two attached hydrogens (primary N) is 1. The fourth-order valence-electron chi connectivity index (χ4n) is 4.00. The van der Waals surface area contributed by atoms with E-state index in [0.717, 1.165) is 35.3 Å². The number of nitrogen functional groups attached to an aromatic ring is 1. The van der Waals surface area contributed by atoms with Crippen molar-refractivity contribution in [3.63, 3.8) is 0 Å². The Morgan fingerprint density at radius 2 is 1.95 bits per heavy atom. The van der Waals surface area contributed by atoms with E-state index in [2.05, 4.69) is 25.3 Å². The Morgan fingerprint density at radius 1 is 1.11 bits per heavy atom. The summed E-state index contributed by atoms with van der Waals surface area (Å²) >= 11 is 1.01. The van der Waals surface area contributed by atoms with Gasteiger partial charge in [-0.3, -0.25) is 20.2 Å². The lowest BCUT2D eigenvalue weighted by Gasteiger charge is -2.10. The summed E-state index contributed by atoms with van der Waals surface area (Å²) in [4.78, 5) is 29.1. The van der Waals surface area contributed by atoms with E-state index < -0.39 is 0 Å². The average Bonchev–Trinajstić information content (AvgIpc) is 3.54. The lowest BCUT2D eigenvalue weighted by atomic mass is 10.00. The highest BCUT2D eigenvalue weighted by molar-refractivity contribution is 7.14. The number of carbonyl (C=O) groups is 1. The van der Waals surface area contributed by atoms with Crippen molar-refractivity contribution in [2.75, 3.05) is 11.1 Å². The van der Waals surface area contributed by atoms with Gasteiger partial charge in [0, 0.05) is 46.1 Å². The van der Waals surface area contributed by atoms with Crippen LogP contribution in [-0.2, 0) is 4.79 Å². The number of benzene rings is 1. The normalized spacial score (nSPS) is 11.1. The van der Waals surface area contributed by atoms with Crippen molar-refractivity contribution in [3.8, 4) is 21.6 Å². The lowest BCUT2D eigenvalue weighted by Crippen LogP contribution is -2.11. The van der Waals surface area contributed by atoms with Gasteiger partial charge >= 0.3 is 0 Å². The summed E-state index contributed by atoms with van der Waals surface area (Å²) in [7, 11) is 0. The molecule has 1 amide bonds. The Bertz CT molecular complexity index is 1620. The smallest absolute Gasteiger partial charge is 0.224 e. The predicted molar refractivity (Wildman–Crippen MR) is 145 cm³/mol. The highest BCUT2D eigenvalue weighted by Crippen LogP contribution is 2.32. The SMILES string of the molecule is CCCCC(=O)Nc1cncc(-c2ccc(N)c(C(=N)c3nc4c(-c5ccc(F)s5)cncc4[nH]3)c2)c1. The molecule has 0 spiro atoms. The highest BCUT2D eigenvalue weighted by Gasteiger charge is 2.17. The number of hydrogen-bond acceptors (Lipinski definition) is 7. The van der Waals surface area contributed by atoms with E-state index in [4.69, 9.17) is 11.1 Å². The maximum atomic E-state index is 13.6. The van der Waals surface area contributed by atoms with Crippen molar-refractivity contribution >= 4 is 45.4 Å². The maximum Gasteiger partial charge on any atom is 0.224 e. The van der Waals surface area contributed by atoms with Gasteiger partial charge in [0.15, 0.2) is 11.0 Å². The first-order valence-corrected chi connectivity index (χ1v) is 12.6. The minimum atomic E-state index is -0.292. The number of amides is 1.